The summed E-state index contributed by atoms with van der Waals surface area (Å²) in [7, 11) is 0. The van der Waals surface area contributed by atoms with Crippen molar-refractivity contribution in [1.29, 1.82) is 0 Å². The zero-order valence-electron chi connectivity index (χ0n) is 12.5. The third-order valence-electron chi connectivity index (χ3n) is 2.70. The molecule has 0 spiro atoms. The molecule has 0 amide bonds. The van der Waals surface area contributed by atoms with E-state index >= 15 is 0 Å². The van der Waals surface area contributed by atoms with Crippen LogP contribution in [0.15, 0.2) is 0 Å². The summed E-state index contributed by atoms with van der Waals surface area (Å²) in [6.07, 6.45) is 0. The summed E-state index contributed by atoms with van der Waals surface area (Å²) >= 11 is 0. The minimum Gasteiger partial charge on any atom is -0.370 e. The van der Waals surface area contributed by atoms with Gasteiger partial charge in [0.1, 0.15) is 17.5 Å². The van der Waals surface area contributed by atoms with Crippen molar-refractivity contribution in [1.82, 2.24) is 9.97 Å². The van der Waals surface area contributed by atoms with Crippen molar-refractivity contribution >= 4 is 11.6 Å². The number of hydrogen-bond donors (Lipinski definition) is 2. The smallest absolute Gasteiger partial charge is 0.135 e. The van der Waals surface area contributed by atoms with Gasteiger partial charge in [-0.05, 0) is 19.8 Å². The monoisotopic (exact) mass is 250 g/mol. The van der Waals surface area contributed by atoms with Gasteiger partial charge >= 0.3 is 0 Å². The minimum atomic E-state index is 0.336. The van der Waals surface area contributed by atoms with E-state index in [1.165, 1.54) is 0 Å². The molecule has 1 aromatic rings. The van der Waals surface area contributed by atoms with Crippen LogP contribution in [0.5, 0.6) is 0 Å². The summed E-state index contributed by atoms with van der Waals surface area (Å²) in [5.41, 5.74) is 1.10. The van der Waals surface area contributed by atoms with Crippen molar-refractivity contribution in [2.45, 2.75) is 47.5 Å². The van der Waals surface area contributed by atoms with Crippen LogP contribution in [0.3, 0.4) is 0 Å². The van der Waals surface area contributed by atoms with Crippen molar-refractivity contribution in [3.8, 4) is 0 Å². The van der Waals surface area contributed by atoms with Crippen LogP contribution in [0.25, 0.3) is 0 Å². The molecule has 0 saturated carbocycles. The molecule has 18 heavy (non-hydrogen) atoms. The molecule has 0 radical (unpaired) electrons. The molecule has 102 valence electrons. The maximum absolute atomic E-state index is 4.62. The van der Waals surface area contributed by atoms with E-state index in [-0.39, 0.29) is 0 Å². The number of nitrogens with zero attached hydrogens (tertiary/aromatic N) is 2. The lowest BCUT2D eigenvalue weighted by molar-refractivity contribution is 0.683. The summed E-state index contributed by atoms with van der Waals surface area (Å²) in [6, 6.07) is 0. The van der Waals surface area contributed by atoms with Crippen molar-refractivity contribution in [2.24, 2.45) is 5.92 Å². The van der Waals surface area contributed by atoms with Crippen LogP contribution in [-0.4, -0.2) is 23.1 Å². The Morgan fingerprint density at radius 2 is 1.56 bits per heavy atom. The lowest BCUT2D eigenvalue weighted by Gasteiger charge is -2.16. The van der Waals surface area contributed by atoms with Gasteiger partial charge in [-0.1, -0.05) is 27.7 Å². The highest BCUT2D eigenvalue weighted by atomic mass is 15.1. The van der Waals surface area contributed by atoms with Crippen LogP contribution >= 0.6 is 0 Å². The van der Waals surface area contributed by atoms with E-state index in [0.717, 1.165) is 36.1 Å². The molecule has 0 fully saturated rings. The third kappa shape index (κ3) is 3.86. The number of aromatic nitrogens is 2. The van der Waals surface area contributed by atoms with Crippen molar-refractivity contribution in [2.75, 3.05) is 23.7 Å². The predicted molar refractivity (Wildman–Crippen MR) is 78.3 cm³/mol. The lowest BCUT2D eigenvalue weighted by Crippen LogP contribution is -2.14. The molecule has 0 aliphatic heterocycles. The molecule has 0 bridgehead atoms. The molecule has 1 rings (SSSR count). The van der Waals surface area contributed by atoms with Crippen LogP contribution in [0, 0.1) is 12.8 Å². The Bertz CT molecular complexity index is 386. The normalized spacial score (nSPS) is 11.1. The largest absolute Gasteiger partial charge is 0.370 e. The second kappa shape index (κ2) is 6.57. The molecule has 0 aliphatic rings. The quantitative estimate of drug-likeness (QED) is 0.812. The fourth-order valence-electron chi connectivity index (χ4n) is 1.60. The van der Waals surface area contributed by atoms with Crippen LogP contribution in [-0.2, 0) is 0 Å². The van der Waals surface area contributed by atoms with E-state index in [1.807, 2.05) is 0 Å². The first-order chi connectivity index (χ1) is 8.45. The highest BCUT2D eigenvalue weighted by Crippen LogP contribution is 2.23. The average molecular weight is 250 g/mol. The fraction of sp³-hybridized carbons (Fsp3) is 0.714. The first kappa shape index (κ1) is 14.7. The van der Waals surface area contributed by atoms with E-state index < -0.39 is 0 Å². The van der Waals surface area contributed by atoms with Crippen molar-refractivity contribution < 1.29 is 0 Å². The first-order valence-corrected chi connectivity index (χ1v) is 6.81. The topological polar surface area (TPSA) is 49.8 Å². The number of hydrogen-bond acceptors (Lipinski definition) is 4. The lowest BCUT2D eigenvalue weighted by atomic mass is 10.2. The minimum absolute atomic E-state index is 0.336. The van der Waals surface area contributed by atoms with E-state index in [2.05, 4.69) is 62.1 Å². The summed E-state index contributed by atoms with van der Waals surface area (Å²) in [6.45, 7) is 14.6. The van der Waals surface area contributed by atoms with Gasteiger partial charge in [-0.3, -0.25) is 0 Å². The van der Waals surface area contributed by atoms with Gasteiger partial charge < -0.3 is 10.6 Å². The highest BCUT2D eigenvalue weighted by Gasteiger charge is 2.12. The second-order valence-electron chi connectivity index (χ2n) is 5.36. The molecule has 4 heteroatoms. The van der Waals surface area contributed by atoms with Crippen molar-refractivity contribution in [3.63, 3.8) is 0 Å². The first-order valence-electron chi connectivity index (χ1n) is 6.81. The van der Waals surface area contributed by atoms with E-state index in [9.17, 15) is 0 Å². The Hall–Kier alpha value is -1.32. The van der Waals surface area contributed by atoms with Crippen molar-refractivity contribution in [3.05, 3.63) is 11.4 Å². The maximum atomic E-state index is 4.62. The summed E-state index contributed by atoms with van der Waals surface area (Å²) in [4.78, 5) is 9.21. The van der Waals surface area contributed by atoms with E-state index in [0.29, 0.717) is 11.8 Å². The Morgan fingerprint density at radius 1 is 1.00 bits per heavy atom. The second-order valence-corrected chi connectivity index (χ2v) is 5.36. The fourth-order valence-corrected chi connectivity index (χ4v) is 1.60. The Kier molecular flexibility index (Phi) is 5.38. The SMILES string of the molecule is CCNc1nc(C(C)C)nc(NCC(C)C)c1C. The summed E-state index contributed by atoms with van der Waals surface area (Å²) < 4.78 is 0. The Labute approximate surface area is 111 Å². The zero-order chi connectivity index (χ0) is 13.7. The van der Waals surface area contributed by atoms with E-state index in [1.54, 1.807) is 0 Å². The molecule has 0 aliphatic carbocycles. The van der Waals surface area contributed by atoms with E-state index in [4.69, 9.17) is 0 Å². The highest BCUT2D eigenvalue weighted by molar-refractivity contribution is 5.57. The number of nitrogens with one attached hydrogen (secondary N) is 2. The molecule has 0 aromatic carbocycles. The average Bonchev–Trinajstić information content (AvgIpc) is 2.29. The maximum Gasteiger partial charge on any atom is 0.135 e. The predicted octanol–water partition coefficient (Wildman–Crippen LogP) is 3.41. The van der Waals surface area contributed by atoms with Gasteiger partial charge in [-0.15, -0.1) is 0 Å². The number of rotatable bonds is 6. The molecule has 4 nitrogen and oxygen atoms in total. The standard InChI is InChI=1S/C14H26N4/c1-7-15-13-11(6)14(16-8-9(2)3)18-12(17-13)10(4)5/h9-10H,7-8H2,1-6H3,(H2,15,16,17,18). The molecule has 0 unspecified atom stereocenters. The Balaban J connectivity index is 3.05. The molecular formula is C14H26N4. The van der Waals surface area contributed by atoms with Gasteiger partial charge in [-0.2, -0.15) is 0 Å². The van der Waals surface area contributed by atoms with Gasteiger partial charge in [-0.25, -0.2) is 9.97 Å². The van der Waals surface area contributed by atoms with Crippen LogP contribution in [0.2, 0.25) is 0 Å². The number of anilines is 2. The molecule has 1 aromatic heterocycles. The van der Waals surface area contributed by atoms with Gasteiger partial charge in [0, 0.05) is 24.6 Å². The molecule has 1 heterocycles. The molecule has 0 saturated heterocycles. The molecule has 0 atom stereocenters. The third-order valence-corrected chi connectivity index (χ3v) is 2.70. The van der Waals surface area contributed by atoms with Gasteiger partial charge in [0.2, 0.25) is 0 Å². The van der Waals surface area contributed by atoms with Crippen LogP contribution in [0.4, 0.5) is 11.6 Å². The summed E-state index contributed by atoms with van der Waals surface area (Å²) in [5, 5.41) is 6.72. The van der Waals surface area contributed by atoms with Crippen LogP contribution < -0.4 is 10.6 Å². The zero-order valence-corrected chi connectivity index (χ0v) is 12.5. The van der Waals surface area contributed by atoms with Gasteiger partial charge in [0.25, 0.3) is 0 Å². The molecular weight excluding hydrogens is 224 g/mol. The summed E-state index contributed by atoms with van der Waals surface area (Å²) in [5.74, 6) is 3.73. The van der Waals surface area contributed by atoms with Gasteiger partial charge in [0.15, 0.2) is 0 Å². The Morgan fingerprint density at radius 3 is 2.00 bits per heavy atom. The molecule has 2 N–H and O–H groups in total. The van der Waals surface area contributed by atoms with Crippen LogP contribution in [0.1, 0.15) is 51.9 Å². The van der Waals surface area contributed by atoms with Gasteiger partial charge in [0.05, 0.1) is 0 Å².